The highest BCUT2D eigenvalue weighted by Crippen LogP contribution is 2.29. The first-order valence-electron chi connectivity index (χ1n) is 5.14. The molecule has 0 unspecified atom stereocenters. The van der Waals surface area contributed by atoms with Gasteiger partial charge in [-0.25, -0.2) is 0 Å². The van der Waals surface area contributed by atoms with Crippen molar-refractivity contribution in [2.75, 3.05) is 6.54 Å². The van der Waals surface area contributed by atoms with Crippen molar-refractivity contribution in [3.05, 3.63) is 46.0 Å². The van der Waals surface area contributed by atoms with Crippen LogP contribution in [-0.2, 0) is 10.2 Å². The molecule has 0 heterocycles. The van der Waals surface area contributed by atoms with E-state index < -0.39 is 5.41 Å². The lowest BCUT2D eigenvalue weighted by molar-refractivity contribution is -0.489. The average molecular weight is 221 g/mol. The predicted molar refractivity (Wildman–Crippen MR) is 60.9 cm³/mol. The number of rotatable bonds is 5. The number of benzene rings is 1. The monoisotopic (exact) mass is 221 g/mol. The minimum Gasteiger partial charge on any atom is -0.302 e. The lowest BCUT2D eigenvalue weighted by Gasteiger charge is -2.28. The van der Waals surface area contributed by atoms with Crippen LogP contribution in [0.25, 0.3) is 0 Å². The molecular weight excluding hydrogens is 206 g/mol. The molecule has 16 heavy (non-hydrogen) atoms. The number of hydrogen-bond acceptors (Lipinski definition) is 3. The summed E-state index contributed by atoms with van der Waals surface area (Å²) in [4.78, 5) is 21.3. The molecule has 0 fully saturated rings. The third-order valence-electron chi connectivity index (χ3n) is 3.09. The Labute approximate surface area is 94.4 Å². The Morgan fingerprint density at radius 1 is 1.44 bits per heavy atom. The first-order valence-corrected chi connectivity index (χ1v) is 5.14. The van der Waals surface area contributed by atoms with Crippen LogP contribution in [0, 0.1) is 16.0 Å². The lowest BCUT2D eigenvalue weighted by atomic mass is 9.74. The van der Waals surface area contributed by atoms with Crippen LogP contribution in [0.5, 0.6) is 0 Å². The second-order valence-corrected chi connectivity index (χ2v) is 4.18. The van der Waals surface area contributed by atoms with Crippen LogP contribution in [0.15, 0.2) is 30.3 Å². The Kier molecular flexibility index (Phi) is 3.77. The van der Waals surface area contributed by atoms with E-state index in [0.29, 0.717) is 0 Å². The normalized spacial score (nSPS) is 16.1. The minimum atomic E-state index is -0.797. The van der Waals surface area contributed by atoms with Gasteiger partial charge in [0.1, 0.15) is 6.29 Å². The summed E-state index contributed by atoms with van der Waals surface area (Å²) < 4.78 is 0. The zero-order chi connectivity index (χ0) is 12.2. The van der Waals surface area contributed by atoms with Crippen LogP contribution >= 0.6 is 0 Å². The van der Waals surface area contributed by atoms with Crippen molar-refractivity contribution < 1.29 is 9.72 Å². The Balaban J connectivity index is 3.02. The summed E-state index contributed by atoms with van der Waals surface area (Å²) in [5.74, 6) is -0.331. The van der Waals surface area contributed by atoms with Crippen LogP contribution in [0.3, 0.4) is 0 Å². The quantitative estimate of drug-likeness (QED) is 0.434. The molecule has 0 saturated heterocycles. The molecule has 0 aliphatic carbocycles. The molecule has 0 saturated carbocycles. The summed E-state index contributed by atoms with van der Waals surface area (Å²) in [7, 11) is 0. The van der Waals surface area contributed by atoms with Crippen molar-refractivity contribution in [1.82, 2.24) is 0 Å². The molecule has 4 heteroatoms. The molecular formula is C12H15NO3. The number of nitrogens with zero attached hydrogens (tertiary/aromatic N) is 1. The Bertz CT molecular complexity index is 377. The molecule has 2 atom stereocenters. The minimum absolute atomic E-state index is 0.204. The van der Waals surface area contributed by atoms with E-state index in [1.807, 2.05) is 30.3 Å². The molecule has 0 bridgehead atoms. The molecule has 0 aliphatic rings. The Morgan fingerprint density at radius 3 is 2.44 bits per heavy atom. The number of carbonyl (C=O) groups is 1. The molecule has 1 rings (SSSR count). The second kappa shape index (κ2) is 4.88. The van der Waals surface area contributed by atoms with Crippen LogP contribution < -0.4 is 0 Å². The molecule has 4 nitrogen and oxygen atoms in total. The van der Waals surface area contributed by atoms with Gasteiger partial charge in [0, 0.05) is 10.8 Å². The van der Waals surface area contributed by atoms with Gasteiger partial charge in [-0.1, -0.05) is 37.3 Å². The van der Waals surface area contributed by atoms with Gasteiger partial charge in [-0.2, -0.15) is 0 Å². The number of nitro groups is 1. The van der Waals surface area contributed by atoms with E-state index in [-0.39, 0.29) is 17.4 Å². The first-order chi connectivity index (χ1) is 7.50. The summed E-state index contributed by atoms with van der Waals surface area (Å²) >= 11 is 0. The molecule has 1 aromatic rings. The van der Waals surface area contributed by atoms with E-state index in [9.17, 15) is 14.9 Å². The zero-order valence-corrected chi connectivity index (χ0v) is 9.42. The number of carbonyl (C=O) groups excluding carboxylic acids is 1. The van der Waals surface area contributed by atoms with E-state index in [4.69, 9.17) is 0 Å². The van der Waals surface area contributed by atoms with Gasteiger partial charge in [-0.15, -0.1) is 0 Å². The molecule has 1 aromatic carbocycles. The van der Waals surface area contributed by atoms with Gasteiger partial charge >= 0.3 is 0 Å². The van der Waals surface area contributed by atoms with Gasteiger partial charge < -0.3 is 4.79 Å². The third kappa shape index (κ3) is 2.45. The molecule has 0 aromatic heterocycles. The van der Waals surface area contributed by atoms with Crippen LogP contribution in [0.2, 0.25) is 0 Å². The van der Waals surface area contributed by atoms with E-state index >= 15 is 0 Å². The van der Waals surface area contributed by atoms with Gasteiger partial charge in [-0.05, 0) is 12.5 Å². The largest absolute Gasteiger partial charge is 0.302 e. The zero-order valence-electron chi connectivity index (χ0n) is 9.42. The summed E-state index contributed by atoms with van der Waals surface area (Å²) in [5, 5.41) is 10.5. The maximum absolute atomic E-state index is 11.2. The number of aldehydes is 1. The van der Waals surface area contributed by atoms with Crippen LogP contribution in [0.4, 0.5) is 0 Å². The van der Waals surface area contributed by atoms with Crippen molar-refractivity contribution in [2.45, 2.75) is 19.3 Å². The fraction of sp³-hybridized carbons (Fsp3) is 0.417. The lowest BCUT2D eigenvalue weighted by Crippen LogP contribution is -2.36. The second-order valence-electron chi connectivity index (χ2n) is 4.18. The fourth-order valence-corrected chi connectivity index (χ4v) is 1.68. The van der Waals surface area contributed by atoms with Crippen molar-refractivity contribution in [3.8, 4) is 0 Å². The Morgan fingerprint density at radius 2 is 2.00 bits per heavy atom. The van der Waals surface area contributed by atoms with Gasteiger partial charge in [-0.3, -0.25) is 10.1 Å². The van der Waals surface area contributed by atoms with Crippen LogP contribution in [-0.4, -0.2) is 17.8 Å². The standard InChI is InChI=1S/C12H15NO3/c1-10(8-13(15)16)12(2,9-14)11-6-4-3-5-7-11/h3-7,9-10H,8H2,1-2H3/t10-,12+/m1/s1. The molecule has 0 N–H and O–H groups in total. The smallest absolute Gasteiger partial charge is 0.207 e. The SMILES string of the molecule is C[C@H](C[N+](=O)[O-])[C@](C)(C=O)c1ccccc1. The molecule has 0 amide bonds. The first kappa shape index (κ1) is 12.4. The summed E-state index contributed by atoms with van der Waals surface area (Å²) in [6, 6.07) is 9.16. The topological polar surface area (TPSA) is 60.2 Å². The molecule has 0 spiro atoms. The molecule has 0 radical (unpaired) electrons. The highest BCUT2D eigenvalue weighted by Gasteiger charge is 2.35. The average Bonchev–Trinajstić information content (AvgIpc) is 2.28. The van der Waals surface area contributed by atoms with Gasteiger partial charge in [0.15, 0.2) is 0 Å². The fourth-order valence-electron chi connectivity index (χ4n) is 1.68. The van der Waals surface area contributed by atoms with Crippen molar-refractivity contribution >= 4 is 6.29 Å². The van der Waals surface area contributed by atoms with Gasteiger partial charge in [0.05, 0.1) is 5.41 Å². The van der Waals surface area contributed by atoms with Gasteiger partial charge in [0.25, 0.3) is 0 Å². The maximum atomic E-state index is 11.2. The molecule has 86 valence electrons. The van der Waals surface area contributed by atoms with E-state index in [1.165, 1.54) is 0 Å². The third-order valence-corrected chi connectivity index (χ3v) is 3.09. The molecule has 0 aliphatic heterocycles. The van der Waals surface area contributed by atoms with E-state index in [1.54, 1.807) is 13.8 Å². The summed E-state index contributed by atoms with van der Waals surface area (Å²) in [6.07, 6.45) is 0.802. The summed E-state index contributed by atoms with van der Waals surface area (Å²) in [6.45, 7) is 3.26. The maximum Gasteiger partial charge on any atom is 0.207 e. The van der Waals surface area contributed by atoms with Crippen molar-refractivity contribution in [2.24, 2.45) is 5.92 Å². The van der Waals surface area contributed by atoms with Crippen molar-refractivity contribution in [1.29, 1.82) is 0 Å². The highest BCUT2D eigenvalue weighted by atomic mass is 16.6. The van der Waals surface area contributed by atoms with E-state index in [2.05, 4.69) is 0 Å². The number of hydrogen-bond donors (Lipinski definition) is 0. The highest BCUT2D eigenvalue weighted by molar-refractivity contribution is 5.68. The van der Waals surface area contributed by atoms with Gasteiger partial charge in [0.2, 0.25) is 6.54 Å². The Hall–Kier alpha value is -1.71. The van der Waals surface area contributed by atoms with Crippen molar-refractivity contribution in [3.63, 3.8) is 0 Å². The predicted octanol–water partition coefficient (Wildman–Crippen LogP) is 2.06. The summed E-state index contributed by atoms with van der Waals surface area (Å²) in [5.41, 5.74) is 0.0216. The van der Waals surface area contributed by atoms with Crippen LogP contribution in [0.1, 0.15) is 19.4 Å². The van der Waals surface area contributed by atoms with E-state index in [0.717, 1.165) is 11.8 Å².